The summed E-state index contributed by atoms with van der Waals surface area (Å²) < 4.78 is 13.1. The number of aromatic nitrogens is 3. The van der Waals surface area contributed by atoms with E-state index in [9.17, 15) is 5.11 Å². The predicted octanol–water partition coefficient (Wildman–Crippen LogP) is 14.2. The van der Waals surface area contributed by atoms with Gasteiger partial charge in [-0.15, -0.1) is 12.1 Å². The Morgan fingerprint density at radius 2 is 1.20 bits per heavy atom. The van der Waals surface area contributed by atoms with Crippen molar-refractivity contribution in [2.24, 2.45) is 0 Å². The van der Waals surface area contributed by atoms with Gasteiger partial charge in [0.25, 0.3) is 0 Å². The summed E-state index contributed by atoms with van der Waals surface area (Å²) in [4.78, 5) is 15.4. The number of hydrogen-bond acceptors (Lipinski definition) is 6. The molecule has 0 aliphatic heterocycles. The Morgan fingerprint density at radius 1 is 0.567 bits per heavy atom. The van der Waals surface area contributed by atoms with Crippen molar-refractivity contribution in [1.29, 1.82) is 0 Å². The maximum atomic E-state index is 12.1. The van der Waals surface area contributed by atoms with E-state index in [0.29, 0.717) is 45.0 Å². The fourth-order valence-electron chi connectivity index (χ4n) is 7.73. The summed E-state index contributed by atoms with van der Waals surface area (Å²) in [5, 5.41) is 13.8. The molecule has 0 fully saturated rings. The Morgan fingerprint density at radius 3 is 1.83 bits per heavy atom. The molecule has 0 bridgehead atoms. The van der Waals surface area contributed by atoms with Crippen LogP contribution in [0.2, 0.25) is 0 Å². The largest absolute Gasteiger partial charge is 0.507 e. The zero-order valence-electron chi connectivity index (χ0n) is 35.5. The summed E-state index contributed by atoms with van der Waals surface area (Å²) in [5.41, 5.74) is 12.5. The molecule has 4 heterocycles. The van der Waals surface area contributed by atoms with E-state index in [0.717, 1.165) is 61.1 Å². The second-order valence-corrected chi connectivity index (χ2v) is 18.7. The molecule has 7 heteroatoms. The van der Waals surface area contributed by atoms with Crippen LogP contribution in [0.5, 0.6) is 5.75 Å². The van der Waals surface area contributed by atoms with Gasteiger partial charge in [-0.1, -0.05) is 146 Å². The number of oxazole rings is 1. The van der Waals surface area contributed by atoms with Crippen molar-refractivity contribution >= 4 is 33.0 Å². The summed E-state index contributed by atoms with van der Waals surface area (Å²) in [6, 6.07) is 42.5. The maximum Gasteiger partial charge on any atom is 0.227 e. The molecule has 0 amide bonds. The monoisotopic (exact) mass is 969 g/mol. The molecular formula is C53H48N3O3Pt-. The first-order chi connectivity index (χ1) is 28.0. The first kappa shape index (κ1) is 40.9. The smallest absolute Gasteiger partial charge is 0.227 e. The number of benzene rings is 5. The average Bonchev–Trinajstić information content (AvgIpc) is 3.82. The summed E-state index contributed by atoms with van der Waals surface area (Å²) in [5.74, 6) is 0.793. The van der Waals surface area contributed by atoms with Crippen molar-refractivity contribution in [3.05, 3.63) is 144 Å². The molecule has 0 radical (unpaired) electrons. The van der Waals surface area contributed by atoms with Crippen LogP contribution in [0.3, 0.4) is 0 Å². The van der Waals surface area contributed by atoms with Crippen LogP contribution in [-0.4, -0.2) is 20.1 Å². The molecule has 4 aromatic heterocycles. The van der Waals surface area contributed by atoms with E-state index in [4.69, 9.17) is 23.8 Å². The first-order valence-electron chi connectivity index (χ1n) is 20.2. The minimum absolute atomic E-state index is 0. The molecule has 0 saturated carbocycles. The molecule has 0 unspecified atom stereocenters. The summed E-state index contributed by atoms with van der Waals surface area (Å²) in [6.07, 6.45) is 1.90. The van der Waals surface area contributed by atoms with Gasteiger partial charge in [-0.3, -0.25) is 9.97 Å². The molecule has 9 rings (SSSR count). The molecule has 6 nitrogen and oxygen atoms in total. The third-order valence-electron chi connectivity index (χ3n) is 11.2. The predicted molar refractivity (Wildman–Crippen MR) is 241 cm³/mol. The Hall–Kier alpha value is -5.84. The second-order valence-electron chi connectivity index (χ2n) is 18.7. The standard InChI is InChI=1S/C53H48N3O3.Pt/c1-51(2,3)35-26-37(48(57)40(27-35)53(7,8)9)43-29-36(52(4,5)6)28-42(55-43)34-24-38(41-21-20-33(30-54-41)31-16-12-10-13-17-31)49-39(25-34)46-44(58-49)22-23-45-47(46)56-50(59-45)32-18-14-11-15-19-32;/h10-23,25-30,57H,1-9H3;/q-1;. The molecule has 0 aliphatic rings. The van der Waals surface area contributed by atoms with Crippen LogP contribution in [-0.2, 0) is 37.3 Å². The Balaban J connectivity index is 0.00000499. The zero-order valence-corrected chi connectivity index (χ0v) is 37.7. The Bertz CT molecular complexity index is 3040. The second kappa shape index (κ2) is 15.0. The van der Waals surface area contributed by atoms with Crippen LogP contribution in [0.4, 0.5) is 0 Å². The van der Waals surface area contributed by atoms with Crippen LogP contribution < -0.4 is 0 Å². The molecule has 0 aliphatic carbocycles. The van der Waals surface area contributed by atoms with Gasteiger partial charge in [0, 0.05) is 60.7 Å². The molecular weight excluding hydrogens is 922 g/mol. The van der Waals surface area contributed by atoms with Gasteiger partial charge in [-0.2, -0.15) is 0 Å². The van der Waals surface area contributed by atoms with Gasteiger partial charge in [0.2, 0.25) is 5.89 Å². The number of rotatable bonds is 5. The maximum absolute atomic E-state index is 12.1. The fourth-order valence-corrected chi connectivity index (χ4v) is 7.73. The van der Waals surface area contributed by atoms with Crippen molar-refractivity contribution in [2.75, 3.05) is 0 Å². The molecule has 0 spiro atoms. The number of phenolic OH excluding ortho intramolecular Hbond substituents is 1. The fraction of sp³-hybridized carbons (Fsp3) is 0.226. The van der Waals surface area contributed by atoms with E-state index < -0.39 is 0 Å². The Kier molecular flexibility index (Phi) is 10.2. The third kappa shape index (κ3) is 7.47. The average molecular weight is 970 g/mol. The van der Waals surface area contributed by atoms with Crippen LogP contribution in [0.15, 0.2) is 130 Å². The van der Waals surface area contributed by atoms with Crippen LogP contribution in [0.1, 0.15) is 79.0 Å². The van der Waals surface area contributed by atoms with Crippen molar-refractivity contribution in [3.8, 4) is 62.1 Å². The quantitative estimate of drug-likeness (QED) is 0.173. The first-order valence-corrected chi connectivity index (χ1v) is 20.2. The van der Waals surface area contributed by atoms with E-state index in [-0.39, 0.29) is 43.1 Å². The molecule has 60 heavy (non-hydrogen) atoms. The number of hydrogen-bond donors (Lipinski definition) is 1. The third-order valence-corrected chi connectivity index (χ3v) is 11.2. The van der Waals surface area contributed by atoms with Crippen molar-refractivity contribution in [3.63, 3.8) is 0 Å². The van der Waals surface area contributed by atoms with Crippen LogP contribution in [0.25, 0.3) is 89.4 Å². The van der Waals surface area contributed by atoms with Gasteiger partial charge in [0.05, 0.1) is 11.3 Å². The number of pyridine rings is 2. The van der Waals surface area contributed by atoms with Crippen LogP contribution >= 0.6 is 0 Å². The van der Waals surface area contributed by atoms with Crippen molar-refractivity contribution in [2.45, 2.75) is 78.6 Å². The number of fused-ring (bicyclic) bond motifs is 5. The van der Waals surface area contributed by atoms with Gasteiger partial charge >= 0.3 is 0 Å². The Labute approximate surface area is 366 Å². The molecule has 304 valence electrons. The zero-order chi connectivity index (χ0) is 41.4. The van der Waals surface area contributed by atoms with Crippen molar-refractivity contribution < 1.29 is 35.0 Å². The van der Waals surface area contributed by atoms with Crippen molar-refractivity contribution in [1.82, 2.24) is 15.0 Å². The van der Waals surface area contributed by atoms with Gasteiger partial charge < -0.3 is 13.9 Å². The summed E-state index contributed by atoms with van der Waals surface area (Å²) in [6.45, 7) is 19.6. The summed E-state index contributed by atoms with van der Waals surface area (Å²) >= 11 is 0. The van der Waals surface area contributed by atoms with E-state index in [1.165, 1.54) is 0 Å². The summed E-state index contributed by atoms with van der Waals surface area (Å²) in [7, 11) is 0. The topological polar surface area (TPSA) is 85.2 Å². The van der Waals surface area contributed by atoms with E-state index in [2.05, 4.69) is 117 Å². The van der Waals surface area contributed by atoms with E-state index >= 15 is 0 Å². The number of phenols is 1. The molecule has 0 atom stereocenters. The number of nitrogens with zero attached hydrogens (tertiary/aromatic N) is 3. The van der Waals surface area contributed by atoms with E-state index in [1.54, 1.807) is 0 Å². The van der Waals surface area contributed by atoms with E-state index in [1.807, 2.05) is 72.9 Å². The normalized spacial score (nSPS) is 12.3. The molecule has 9 aromatic rings. The van der Waals surface area contributed by atoms with Gasteiger partial charge in [-0.05, 0) is 80.3 Å². The molecule has 1 N–H and O–H groups in total. The van der Waals surface area contributed by atoms with Gasteiger partial charge in [0.1, 0.15) is 16.8 Å². The minimum Gasteiger partial charge on any atom is -0.507 e. The molecule has 0 saturated heterocycles. The van der Waals surface area contributed by atoms with Gasteiger partial charge in [0.15, 0.2) is 5.58 Å². The number of aromatic hydroxyl groups is 1. The van der Waals surface area contributed by atoms with Crippen LogP contribution in [0, 0.1) is 6.07 Å². The SMILES string of the molecule is CC(C)(C)c1cc(-c2[c-]c(-c3ccc(-c4ccccc4)cn3)c3oc4ccc5oc(-c6ccccc6)nc5c4c3c2)nc(-c2cc(C(C)(C)C)cc(C(C)(C)C)c2O)c1.[Pt]. The molecule has 5 aromatic carbocycles. The number of furan rings is 1. The van der Waals surface area contributed by atoms with Gasteiger partial charge in [-0.25, -0.2) is 4.98 Å². The minimum atomic E-state index is -0.295.